The maximum atomic E-state index is 12.2. The third kappa shape index (κ3) is 5.39. The van der Waals surface area contributed by atoms with Crippen molar-refractivity contribution in [1.82, 2.24) is 14.7 Å². The van der Waals surface area contributed by atoms with E-state index >= 15 is 0 Å². The van der Waals surface area contributed by atoms with Crippen LogP contribution in [0, 0.1) is 11.3 Å². The molecule has 25 heavy (non-hydrogen) atoms. The van der Waals surface area contributed by atoms with Crippen molar-refractivity contribution in [1.29, 1.82) is 5.26 Å². The van der Waals surface area contributed by atoms with Crippen molar-refractivity contribution in [3.05, 3.63) is 32.3 Å². The zero-order chi connectivity index (χ0) is 18.8. The smallest absolute Gasteiger partial charge is 0.171 e. The molecule has 0 saturated heterocycles. The summed E-state index contributed by atoms with van der Waals surface area (Å²) in [7, 11) is 0. The van der Waals surface area contributed by atoms with Gasteiger partial charge >= 0.3 is 0 Å². The van der Waals surface area contributed by atoms with Crippen LogP contribution in [0.15, 0.2) is 16.0 Å². The molecule has 2 aromatic rings. The lowest BCUT2D eigenvalue weighted by Gasteiger charge is -2.26. The van der Waals surface area contributed by atoms with Crippen LogP contribution in [0.5, 0.6) is 0 Å². The molecule has 0 fully saturated rings. The van der Waals surface area contributed by atoms with Gasteiger partial charge in [0.1, 0.15) is 10.8 Å². The summed E-state index contributed by atoms with van der Waals surface area (Å²) in [4.78, 5) is 9.53. The van der Waals surface area contributed by atoms with Crippen LogP contribution < -0.4 is 4.72 Å². The lowest BCUT2D eigenvalue weighted by molar-refractivity contribution is 0.524. The standard InChI is InChI=1S/C16H18BrClN4OS2/c1-9(22-25(23)16(2,3)4)5-12-10(7-19)8-20-15(21-12)14-11(18)6-13(17)24-14/h6,8-9,22H,5H2,1-4H3/t9-,25+/m0/s1. The molecule has 0 unspecified atom stereocenters. The van der Waals surface area contributed by atoms with E-state index in [-0.39, 0.29) is 10.8 Å². The second kappa shape index (κ2) is 8.33. The van der Waals surface area contributed by atoms with Gasteiger partial charge in [0.25, 0.3) is 0 Å². The normalized spacial score (nSPS) is 14.2. The molecule has 0 spiro atoms. The highest BCUT2D eigenvalue weighted by atomic mass is 79.9. The van der Waals surface area contributed by atoms with E-state index in [1.54, 1.807) is 6.07 Å². The number of hydrogen-bond acceptors (Lipinski definition) is 6. The summed E-state index contributed by atoms with van der Waals surface area (Å²) >= 11 is 9.85. The maximum Gasteiger partial charge on any atom is 0.171 e. The third-order valence-electron chi connectivity index (χ3n) is 3.21. The van der Waals surface area contributed by atoms with Gasteiger partial charge < -0.3 is 4.55 Å². The minimum Gasteiger partial charge on any atom is -0.598 e. The minimum absolute atomic E-state index is 0.111. The highest BCUT2D eigenvalue weighted by Crippen LogP contribution is 2.37. The highest BCUT2D eigenvalue weighted by molar-refractivity contribution is 9.11. The zero-order valence-electron chi connectivity index (χ0n) is 14.3. The molecule has 1 N–H and O–H groups in total. The molecule has 5 nitrogen and oxygen atoms in total. The number of hydrogen-bond donors (Lipinski definition) is 1. The van der Waals surface area contributed by atoms with Gasteiger partial charge in [-0.2, -0.15) is 5.26 Å². The molecule has 0 saturated carbocycles. The van der Waals surface area contributed by atoms with E-state index in [2.05, 4.69) is 36.7 Å². The van der Waals surface area contributed by atoms with Gasteiger partial charge in [-0.1, -0.05) is 11.6 Å². The molecule has 134 valence electrons. The van der Waals surface area contributed by atoms with Crippen molar-refractivity contribution in [2.45, 2.75) is 44.9 Å². The average molecular weight is 462 g/mol. The summed E-state index contributed by atoms with van der Waals surface area (Å²) < 4.78 is 15.8. The molecular weight excluding hydrogens is 444 g/mol. The van der Waals surface area contributed by atoms with E-state index in [4.69, 9.17) is 11.6 Å². The SMILES string of the molecule is C[C@@H](Cc1nc(-c2sc(Br)cc2Cl)ncc1C#N)N[S@+]([O-])C(C)(C)C. The van der Waals surface area contributed by atoms with Crippen LogP contribution in [0.3, 0.4) is 0 Å². The second-order valence-corrected chi connectivity index (χ2v) is 11.3. The molecule has 9 heteroatoms. The molecular formula is C16H18BrClN4OS2. The molecule has 2 rings (SSSR count). The number of thiophene rings is 1. The molecule has 0 aliphatic rings. The molecule has 2 atom stereocenters. The Labute approximate surface area is 168 Å². The summed E-state index contributed by atoms with van der Waals surface area (Å²) in [5, 5.41) is 9.88. The van der Waals surface area contributed by atoms with Crippen molar-refractivity contribution in [2.75, 3.05) is 0 Å². The van der Waals surface area contributed by atoms with Crippen molar-refractivity contribution in [3.8, 4) is 16.8 Å². The van der Waals surface area contributed by atoms with Gasteiger partial charge in [-0.15, -0.1) is 16.1 Å². The lowest BCUT2D eigenvalue weighted by Crippen LogP contribution is -2.44. The summed E-state index contributed by atoms with van der Waals surface area (Å²) in [6.07, 6.45) is 1.97. The van der Waals surface area contributed by atoms with Gasteiger partial charge in [-0.25, -0.2) is 9.97 Å². The predicted molar refractivity (Wildman–Crippen MR) is 107 cm³/mol. The monoisotopic (exact) mass is 460 g/mol. The molecule has 0 amide bonds. The van der Waals surface area contributed by atoms with E-state index in [0.29, 0.717) is 28.5 Å². The topological polar surface area (TPSA) is 84.7 Å². The Bertz CT molecular complexity index is 800. The minimum atomic E-state index is -1.19. The predicted octanol–water partition coefficient (Wildman–Crippen LogP) is 4.48. The Morgan fingerprint density at radius 1 is 1.52 bits per heavy atom. The van der Waals surface area contributed by atoms with E-state index in [1.165, 1.54) is 17.5 Å². The van der Waals surface area contributed by atoms with Crippen LogP contribution in [0.1, 0.15) is 39.0 Å². The Balaban J connectivity index is 2.26. The Hall–Kier alpha value is -0.690. The van der Waals surface area contributed by atoms with Crippen molar-refractivity contribution >= 4 is 50.2 Å². The third-order valence-corrected chi connectivity index (χ3v) is 6.98. The van der Waals surface area contributed by atoms with Gasteiger partial charge in [-0.05, 0) is 49.7 Å². The number of rotatable bonds is 5. The number of nitrogens with zero attached hydrogens (tertiary/aromatic N) is 3. The van der Waals surface area contributed by atoms with E-state index in [0.717, 1.165) is 8.66 Å². The average Bonchev–Trinajstić information content (AvgIpc) is 2.84. The van der Waals surface area contributed by atoms with Crippen LogP contribution in [0.4, 0.5) is 0 Å². The number of halogens is 2. The summed E-state index contributed by atoms with van der Waals surface area (Å²) in [6.45, 7) is 7.64. The first-order chi connectivity index (χ1) is 11.6. The molecule has 0 bridgehead atoms. The number of nitrogens with one attached hydrogen (secondary N) is 1. The van der Waals surface area contributed by atoms with Crippen LogP contribution in [-0.2, 0) is 17.8 Å². The second-order valence-electron chi connectivity index (χ2n) is 6.50. The fourth-order valence-electron chi connectivity index (χ4n) is 1.96. The van der Waals surface area contributed by atoms with Crippen molar-refractivity contribution in [3.63, 3.8) is 0 Å². The molecule has 0 aromatic carbocycles. The number of nitriles is 1. The van der Waals surface area contributed by atoms with Crippen molar-refractivity contribution in [2.24, 2.45) is 0 Å². The summed E-state index contributed by atoms with van der Waals surface area (Å²) in [5.41, 5.74) is 1.02. The van der Waals surface area contributed by atoms with Gasteiger partial charge in [0.2, 0.25) is 0 Å². The molecule has 0 radical (unpaired) electrons. The van der Waals surface area contributed by atoms with Crippen LogP contribution in [0.2, 0.25) is 5.02 Å². The van der Waals surface area contributed by atoms with E-state index in [1.807, 2.05) is 27.7 Å². The molecule has 2 heterocycles. The van der Waals surface area contributed by atoms with Gasteiger partial charge in [0.05, 0.1) is 31.0 Å². The van der Waals surface area contributed by atoms with Gasteiger partial charge in [-0.3, -0.25) is 0 Å². The van der Waals surface area contributed by atoms with Crippen LogP contribution in [0.25, 0.3) is 10.7 Å². The fraction of sp³-hybridized carbons (Fsp3) is 0.438. The van der Waals surface area contributed by atoms with Gasteiger partial charge in [0, 0.05) is 24.0 Å². The van der Waals surface area contributed by atoms with E-state index < -0.39 is 11.4 Å². The Morgan fingerprint density at radius 3 is 2.72 bits per heavy atom. The van der Waals surface area contributed by atoms with Crippen LogP contribution in [-0.4, -0.2) is 25.3 Å². The molecule has 0 aliphatic heterocycles. The molecule has 0 aliphatic carbocycles. The lowest BCUT2D eigenvalue weighted by atomic mass is 10.1. The zero-order valence-corrected chi connectivity index (χ0v) is 18.2. The van der Waals surface area contributed by atoms with Crippen molar-refractivity contribution < 1.29 is 4.55 Å². The first-order valence-electron chi connectivity index (χ1n) is 7.51. The molecule has 2 aromatic heterocycles. The highest BCUT2D eigenvalue weighted by Gasteiger charge is 2.28. The number of aromatic nitrogens is 2. The Morgan fingerprint density at radius 2 is 2.20 bits per heavy atom. The van der Waals surface area contributed by atoms with Gasteiger partial charge in [0.15, 0.2) is 5.82 Å². The maximum absolute atomic E-state index is 12.2. The first-order valence-corrected chi connectivity index (χ1v) is 10.6. The Kier molecular flexibility index (Phi) is 6.87. The van der Waals surface area contributed by atoms with Crippen LogP contribution >= 0.6 is 38.9 Å². The fourth-order valence-corrected chi connectivity index (χ4v) is 4.70. The quantitative estimate of drug-likeness (QED) is 0.664. The van der Waals surface area contributed by atoms with E-state index in [9.17, 15) is 9.81 Å². The first kappa shape index (κ1) is 20.6. The largest absolute Gasteiger partial charge is 0.598 e. The summed E-state index contributed by atoms with van der Waals surface area (Å²) in [5.74, 6) is 0.485. The summed E-state index contributed by atoms with van der Waals surface area (Å²) in [6, 6.07) is 3.80.